The van der Waals surface area contributed by atoms with Gasteiger partial charge in [0, 0.05) is 5.54 Å². The van der Waals surface area contributed by atoms with Crippen molar-refractivity contribution in [2.75, 3.05) is 0 Å². The van der Waals surface area contributed by atoms with E-state index in [2.05, 4.69) is 27.7 Å². The summed E-state index contributed by atoms with van der Waals surface area (Å²) in [6.07, 6.45) is 37.7. The minimum Gasteiger partial charge on any atom is -0.325 e. The summed E-state index contributed by atoms with van der Waals surface area (Å²) in [4.78, 5) is 0. The largest absolute Gasteiger partial charge is 0.325 e. The molecule has 206 valence electrons. The van der Waals surface area contributed by atoms with Crippen molar-refractivity contribution in [3.05, 3.63) is 0 Å². The van der Waals surface area contributed by atoms with Crippen molar-refractivity contribution >= 4 is 0 Å². The third-order valence-corrected chi connectivity index (χ3v) is 8.37. The molecule has 0 aromatic rings. The van der Waals surface area contributed by atoms with E-state index in [0.29, 0.717) is 0 Å². The number of hydrogen-bond donors (Lipinski definition) is 1. The maximum absolute atomic E-state index is 7.26. The van der Waals surface area contributed by atoms with Gasteiger partial charge in [-0.25, -0.2) is 0 Å². The van der Waals surface area contributed by atoms with Crippen molar-refractivity contribution in [2.45, 2.75) is 207 Å². The zero-order valence-electron chi connectivity index (χ0n) is 24.7. The molecule has 1 nitrogen and oxygen atoms in total. The van der Waals surface area contributed by atoms with Crippen molar-refractivity contribution in [3.8, 4) is 0 Å². The summed E-state index contributed by atoms with van der Waals surface area (Å²) in [6, 6.07) is 0. The Bertz CT molecular complexity index is 367. The van der Waals surface area contributed by atoms with E-state index in [-0.39, 0.29) is 5.54 Å². The van der Waals surface area contributed by atoms with E-state index in [1.54, 1.807) is 0 Å². The first kappa shape index (κ1) is 34.0. The number of rotatable bonds is 28. The topological polar surface area (TPSA) is 26.0 Å². The molecule has 1 atom stereocenters. The van der Waals surface area contributed by atoms with Crippen LogP contribution in [0, 0.1) is 5.92 Å². The normalized spacial score (nSPS) is 13.0. The van der Waals surface area contributed by atoms with E-state index in [1.165, 1.54) is 173 Å². The second kappa shape index (κ2) is 26.0. The Labute approximate surface area is 218 Å². The Balaban J connectivity index is 4.19. The SMILES string of the molecule is CCCCCCCCCCCCCCCCC(CCCCC)C(N)(CCCCC)CCCCC. The summed E-state index contributed by atoms with van der Waals surface area (Å²) in [6.45, 7) is 9.28. The summed E-state index contributed by atoms with van der Waals surface area (Å²) >= 11 is 0. The van der Waals surface area contributed by atoms with Gasteiger partial charge >= 0.3 is 0 Å². The van der Waals surface area contributed by atoms with Gasteiger partial charge in [-0.3, -0.25) is 0 Å². The van der Waals surface area contributed by atoms with Crippen LogP contribution in [0.15, 0.2) is 0 Å². The Morgan fingerprint density at radius 3 is 1.03 bits per heavy atom. The van der Waals surface area contributed by atoms with Crippen molar-refractivity contribution in [1.82, 2.24) is 0 Å². The van der Waals surface area contributed by atoms with Crippen LogP contribution < -0.4 is 5.73 Å². The zero-order valence-corrected chi connectivity index (χ0v) is 24.7. The molecular weight excluding hydrogens is 410 g/mol. The lowest BCUT2D eigenvalue weighted by Crippen LogP contribution is -2.47. The summed E-state index contributed by atoms with van der Waals surface area (Å²) in [5.74, 6) is 0.755. The quantitative estimate of drug-likeness (QED) is 0.111. The molecule has 0 fully saturated rings. The summed E-state index contributed by atoms with van der Waals surface area (Å²) in [5.41, 5.74) is 7.37. The van der Waals surface area contributed by atoms with Crippen LogP contribution in [0.3, 0.4) is 0 Å². The average Bonchev–Trinajstić information content (AvgIpc) is 2.83. The Morgan fingerprint density at radius 2 is 0.647 bits per heavy atom. The predicted octanol–water partition coefficient (Wildman–Crippen LogP) is 11.9. The fourth-order valence-electron chi connectivity index (χ4n) is 5.89. The Morgan fingerprint density at radius 1 is 0.382 bits per heavy atom. The van der Waals surface area contributed by atoms with E-state index >= 15 is 0 Å². The third kappa shape index (κ3) is 20.2. The number of unbranched alkanes of at least 4 members (excludes halogenated alkanes) is 19. The van der Waals surface area contributed by atoms with Crippen molar-refractivity contribution in [2.24, 2.45) is 11.7 Å². The lowest BCUT2D eigenvalue weighted by Gasteiger charge is -2.39. The Hall–Kier alpha value is -0.0400. The van der Waals surface area contributed by atoms with Gasteiger partial charge in [0.1, 0.15) is 0 Å². The van der Waals surface area contributed by atoms with Crippen LogP contribution in [0.4, 0.5) is 0 Å². The molecule has 0 rings (SSSR count). The third-order valence-electron chi connectivity index (χ3n) is 8.37. The standard InChI is InChI=1S/C33H69N/c1-5-9-13-14-15-16-17-18-19-20-21-22-23-25-29-32(28-24-10-6-2)33(34,30-26-11-7-3)31-27-12-8-4/h32H,5-31,34H2,1-4H3. The second-order valence-corrected chi connectivity index (χ2v) is 11.7. The molecule has 1 heteroatoms. The van der Waals surface area contributed by atoms with E-state index < -0.39 is 0 Å². The molecule has 0 aliphatic carbocycles. The van der Waals surface area contributed by atoms with E-state index in [0.717, 1.165) is 5.92 Å². The van der Waals surface area contributed by atoms with Gasteiger partial charge < -0.3 is 5.73 Å². The van der Waals surface area contributed by atoms with Crippen molar-refractivity contribution < 1.29 is 0 Å². The molecule has 1 unspecified atom stereocenters. The van der Waals surface area contributed by atoms with Crippen LogP contribution in [0.25, 0.3) is 0 Å². The van der Waals surface area contributed by atoms with Crippen LogP contribution in [0.5, 0.6) is 0 Å². The molecule has 0 saturated carbocycles. The molecule has 0 aromatic heterocycles. The highest BCUT2D eigenvalue weighted by molar-refractivity contribution is 4.91. The molecule has 0 aromatic carbocycles. The van der Waals surface area contributed by atoms with Crippen LogP contribution in [0.2, 0.25) is 0 Å². The van der Waals surface area contributed by atoms with Crippen LogP contribution in [-0.2, 0) is 0 Å². The first-order valence-corrected chi connectivity index (χ1v) is 16.4. The zero-order chi connectivity index (χ0) is 25.2. The molecule has 0 heterocycles. The first-order valence-electron chi connectivity index (χ1n) is 16.4. The molecule has 0 bridgehead atoms. The highest BCUT2D eigenvalue weighted by Gasteiger charge is 2.32. The summed E-state index contributed by atoms with van der Waals surface area (Å²) in [7, 11) is 0. The lowest BCUT2D eigenvalue weighted by molar-refractivity contribution is 0.190. The van der Waals surface area contributed by atoms with Crippen LogP contribution >= 0.6 is 0 Å². The molecule has 0 amide bonds. The van der Waals surface area contributed by atoms with Gasteiger partial charge in [0.05, 0.1) is 0 Å². The summed E-state index contributed by atoms with van der Waals surface area (Å²) < 4.78 is 0. The fraction of sp³-hybridized carbons (Fsp3) is 1.00. The second-order valence-electron chi connectivity index (χ2n) is 11.7. The maximum Gasteiger partial charge on any atom is 0.0182 e. The molecule has 34 heavy (non-hydrogen) atoms. The fourth-order valence-corrected chi connectivity index (χ4v) is 5.89. The lowest BCUT2D eigenvalue weighted by atomic mass is 9.72. The van der Waals surface area contributed by atoms with Gasteiger partial charge in [0.15, 0.2) is 0 Å². The molecule has 0 aliphatic heterocycles. The molecular formula is C33H69N. The molecule has 0 aliphatic rings. The number of nitrogens with two attached hydrogens (primary N) is 1. The van der Waals surface area contributed by atoms with Crippen LogP contribution in [0.1, 0.15) is 201 Å². The van der Waals surface area contributed by atoms with E-state index in [9.17, 15) is 0 Å². The smallest absolute Gasteiger partial charge is 0.0182 e. The van der Waals surface area contributed by atoms with Gasteiger partial charge in [-0.05, 0) is 31.6 Å². The van der Waals surface area contributed by atoms with Gasteiger partial charge in [0.25, 0.3) is 0 Å². The molecule has 2 N–H and O–H groups in total. The maximum atomic E-state index is 7.26. The summed E-state index contributed by atoms with van der Waals surface area (Å²) in [5, 5.41) is 0. The monoisotopic (exact) mass is 480 g/mol. The number of hydrogen-bond acceptors (Lipinski definition) is 1. The molecule has 0 saturated heterocycles. The minimum atomic E-state index is 0.106. The molecule has 0 spiro atoms. The van der Waals surface area contributed by atoms with Gasteiger partial charge in [-0.1, -0.05) is 175 Å². The molecule has 0 radical (unpaired) electrons. The van der Waals surface area contributed by atoms with Crippen molar-refractivity contribution in [1.29, 1.82) is 0 Å². The van der Waals surface area contributed by atoms with Crippen LogP contribution in [-0.4, -0.2) is 5.54 Å². The highest BCUT2D eigenvalue weighted by atomic mass is 14.8. The van der Waals surface area contributed by atoms with Gasteiger partial charge in [0.2, 0.25) is 0 Å². The average molecular weight is 480 g/mol. The first-order chi connectivity index (χ1) is 16.6. The van der Waals surface area contributed by atoms with E-state index in [1.807, 2.05) is 0 Å². The van der Waals surface area contributed by atoms with Gasteiger partial charge in [-0.15, -0.1) is 0 Å². The minimum absolute atomic E-state index is 0.106. The highest BCUT2D eigenvalue weighted by Crippen LogP contribution is 2.35. The predicted molar refractivity (Wildman–Crippen MR) is 158 cm³/mol. The van der Waals surface area contributed by atoms with Crippen molar-refractivity contribution in [3.63, 3.8) is 0 Å². The Kier molecular flexibility index (Phi) is 26.0. The van der Waals surface area contributed by atoms with E-state index in [4.69, 9.17) is 5.73 Å². The van der Waals surface area contributed by atoms with Gasteiger partial charge in [-0.2, -0.15) is 0 Å².